The fraction of sp³-hybridized carbons (Fsp3) is 0.118. The van der Waals surface area contributed by atoms with E-state index < -0.39 is 15.9 Å². The number of anilines is 2. The molecule has 0 unspecified atom stereocenters. The zero-order valence-corrected chi connectivity index (χ0v) is 15.4. The van der Waals surface area contributed by atoms with Crippen LogP contribution in [0.3, 0.4) is 0 Å². The molecule has 0 saturated carbocycles. The first kappa shape index (κ1) is 18.4. The molecule has 0 saturated heterocycles. The second-order valence-electron chi connectivity index (χ2n) is 5.65. The third-order valence-corrected chi connectivity index (χ3v) is 3.92. The summed E-state index contributed by atoms with van der Waals surface area (Å²) >= 11 is 0. The molecule has 10 heteroatoms. The summed E-state index contributed by atoms with van der Waals surface area (Å²) < 4.78 is 24.8. The summed E-state index contributed by atoms with van der Waals surface area (Å²) in [7, 11) is -3.38. The lowest BCUT2D eigenvalue weighted by molar-refractivity contribution is 0.102. The number of carbonyl (C=O) groups excluding carboxylic acids is 1. The van der Waals surface area contributed by atoms with Crippen molar-refractivity contribution in [1.82, 2.24) is 19.9 Å². The van der Waals surface area contributed by atoms with Crippen LogP contribution in [0.5, 0.6) is 0 Å². The van der Waals surface area contributed by atoms with Gasteiger partial charge in [0.05, 0.1) is 6.26 Å². The average Bonchev–Trinajstić information content (AvgIpc) is 2.61. The highest BCUT2D eigenvalue weighted by atomic mass is 32.2. The van der Waals surface area contributed by atoms with Crippen LogP contribution in [0.15, 0.2) is 48.7 Å². The summed E-state index contributed by atoms with van der Waals surface area (Å²) in [6.07, 6.45) is 2.68. The number of hydrogen-bond donors (Lipinski definition) is 2. The number of pyridine rings is 1. The summed E-state index contributed by atoms with van der Waals surface area (Å²) in [5.41, 5.74) is 1.25. The largest absolute Gasteiger partial charge is 0.290 e. The van der Waals surface area contributed by atoms with E-state index in [0.717, 1.165) is 6.26 Å². The molecule has 1 amide bonds. The van der Waals surface area contributed by atoms with E-state index in [1.165, 1.54) is 24.3 Å². The van der Waals surface area contributed by atoms with Gasteiger partial charge in [0.2, 0.25) is 16.0 Å². The Hall–Kier alpha value is -3.40. The molecule has 9 nitrogen and oxygen atoms in total. The summed E-state index contributed by atoms with van der Waals surface area (Å²) in [4.78, 5) is 29.2. The van der Waals surface area contributed by atoms with Crippen LogP contribution in [0.25, 0.3) is 11.5 Å². The number of hydrogen-bond acceptors (Lipinski definition) is 7. The van der Waals surface area contributed by atoms with Crippen molar-refractivity contribution in [2.24, 2.45) is 0 Å². The number of nitrogens with one attached hydrogen (secondary N) is 2. The molecule has 2 aromatic heterocycles. The van der Waals surface area contributed by atoms with E-state index in [1.54, 1.807) is 25.3 Å². The minimum atomic E-state index is -3.38. The van der Waals surface area contributed by atoms with E-state index >= 15 is 0 Å². The fourth-order valence-electron chi connectivity index (χ4n) is 2.22. The molecule has 0 radical (unpaired) electrons. The molecule has 0 bridgehead atoms. The zero-order chi connectivity index (χ0) is 19.4. The van der Waals surface area contributed by atoms with Crippen molar-refractivity contribution in [3.05, 3.63) is 60.0 Å². The Morgan fingerprint density at radius 1 is 1.00 bits per heavy atom. The van der Waals surface area contributed by atoms with Crippen LogP contribution >= 0.6 is 0 Å². The van der Waals surface area contributed by atoms with E-state index in [2.05, 4.69) is 30.0 Å². The summed E-state index contributed by atoms with van der Waals surface area (Å²) in [5.74, 6) is 0.463. The topological polar surface area (TPSA) is 127 Å². The van der Waals surface area contributed by atoms with Crippen LogP contribution < -0.4 is 10.0 Å². The highest BCUT2D eigenvalue weighted by molar-refractivity contribution is 7.92. The molecule has 0 spiro atoms. The quantitative estimate of drug-likeness (QED) is 0.687. The normalized spacial score (nSPS) is 11.0. The van der Waals surface area contributed by atoms with Gasteiger partial charge in [0.15, 0.2) is 5.82 Å². The van der Waals surface area contributed by atoms with Crippen LogP contribution in [0.1, 0.15) is 16.2 Å². The van der Waals surface area contributed by atoms with E-state index in [9.17, 15) is 13.2 Å². The Balaban J connectivity index is 1.79. The van der Waals surface area contributed by atoms with Crippen LogP contribution in [0.4, 0.5) is 11.6 Å². The van der Waals surface area contributed by atoms with Crippen molar-refractivity contribution in [2.45, 2.75) is 6.92 Å². The van der Waals surface area contributed by atoms with Gasteiger partial charge >= 0.3 is 0 Å². The SMILES string of the molecule is Cc1nc(NC(=O)c2ccc(NS(C)(=O)=O)cc2)nc(-c2ccccn2)n1. The summed E-state index contributed by atoms with van der Waals surface area (Å²) in [6, 6.07) is 11.3. The highest BCUT2D eigenvalue weighted by Crippen LogP contribution is 2.15. The maximum Gasteiger partial charge on any atom is 0.258 e. The molecule has 138 valence electrons. The van der Waals surface area contributed by atoms with Gasteiger partial charge in [0.1, 0.15) is 11.5 Å². The molecule has 0 aliphatic heterocycles. The van der Waals surface area contributed by atoms with Gasteiger partial charge in [0.25, 0.3) is 5.91 Å². The Labute approximate surface area is 156 Å². The number of aryl methyl sites for hydroxylation is 1. The Morgan fingerprint density at radius 2 is 1.74 bits per heavy atom. The predicted molar refractivity (Wildman–Crippen MR) is 101 cm³/mol. The number of carbonyl (C=O) groups is 1. The summed E-state index contributed by atoms with van der Waals surface area (Å²) in [6.45, 7) is 1.69. The number of aromatic nitrogens is 4. The van der Waals surface area contributed by atoms with Crippen LogP contribution in [0, 0.1) is 6.92 Å². The molecule has 1 aromatic carbocycles. The third kappa shape index (κ3) is 5.05. The van der Waals surface area contributed by atoms with Crippen molar-refractivity contribution in [3.63, 3.8) is 0 Å². The smallest absolute Gasteiger partial charge is 0.258 e. The lowest BCUT2D eigenvalue weighted by Gasteiger charge is -2.08. The minimum absolute atomic E-state index is 0.103. The zero-order valence-electron chi connectivity index (χ0n) is 14.5. The Morgan fingerprint density at radius 3 is 2.37 bits per heavy atom. The lowest BCUT2D eigenvalue weighted by atomic mass is 10.2. The number of sulfonamides is 1. The van der Waals surface area contributed by atoms with E-state index in [4.69, 9.17) is 0 Å². The number of amides is 1. The molecule has 3 aromatic rings. The molecule has 0 aliphatic carbocycles. The first-order valence-electron chi connectivity index (χ1n) is 7.83. The van der Waals surface area contributed by atoms with Gasteiger partial charge in [-0.2, -0.15) is 9.97 Å². The molecule has 3 rings (SSSR count). The molecule has 27 heavy (non-hydrogen) atoms. The maximum absolute atomic E-state index is 12.4. The van der Waals surface area contributed by atoms with Gasteiger partial charge < -0.3 is 0 Å². The lowest BCUT2D eigenvalue weighted by Crippen LogP contribution is -2.16. The maximum atomic E-state index is 12.4. The molecule has 0 atom stereocenters. The standard InChI is InChI=1S/C17H16N6O3S/c1-11-19-15(14-5-3-4-10-18-14)21-17(20-11)22-16(24)12-6-8-13(9-7-12)23-27(2,25)26/h3-10,23H,1-2H3,(H,19,20,21,22,24). The van der Waals surface area contributed by atoms with Gasteiger partial charge in [-0.3, -0.25) is 19.8 Å². The molecule has 0 fully saturated rings. The minimum Gasteiger partial charge on any atom is -0.290 e. The predicted octanol–water partition coefficient (Wildman–Crippen LogP) is 1.87. The second kappa shape index (κ2) is 7.46. The Kier molecular flexibility index (Phi) is 5.08. The number of benzene rings is 1. The fourth-order valence-corrected chi connectivity index (χ4v) is 2.79. The average molecular weight is 384 g/mol. The molecular formula is C17H16N6O3S. The van der Waals surface area contributed by atoms with Crippen LogP contribution in [-0.2, 0) is 10.0 Å². The third-order valence-electron chi connectivity index (χ3n) is 3.32. The van der Waals surface area contributed by atoms with E-state index in [1.807, 2.05) is 6.07 Å². The summed E-state index contributed by atoms with van der Waals surface area (Å²) in [5, 5.41) is 2.61. The van der Waals surface area contributed by atoms with Gasteiger partial charge in [-0.1, -0.05) is 6.07 Å². The van der Waals surface area contributed by atoms with Crippen LogP contribution in [0.2, 0.25) is 0 Å². The number of rotatable bonds is 5. The van der Waals surface area contributed by atoms with Gasteiger partial charge in [-0.15, -0.1) is 0 Å². The first-order chi connectivity index (χ1) is 12.8. The van der Waals surface area contributed by atoms with Crippen molar-refractivity contribution in [1.29, 1.82) is 0 Å². The Bertz CT molecular complexity index is 1070. The molecule has 0 aliphatic rings. The van der Waals surface area contributed by atoms with E-state index in [0.29, 0.717) is 28.6 Å². The highest BCUT2D eigenvalue weighted by Gasteiger charge is 2.12. The van der Waals surface area contributed by atoms with E-state index in [-0.39, 0.29) is 5.95 Å². The number of nitrogens with zero attached hydrogens (tertiary/aromatic N) is 4. The van der Waals surface area contributed by atoms with Crippen molar-refractivity contribution < 1.29 is 13.2 Å². The van der Waals surface area contributed by atoms with Crippen molar-refractivity contribution >= 4 is 27.6 Å². The molecule has 2 heterocycles. The van der Waals surface area contributed by atoms with Crippen molar-refractivity contribution in [3.8, 4) is 11.5 Å². The van der Waals surface area contributed by atoms with Gasteiger partial charge in [0, 0.05) is 17.4 Å². The van der Waals surface area contributed by atoms with Gasteiger partial charge in [-0.25, -0.2) is 13.4 Å². The second-order valence-corrected chi connectivity index (χ2v) is 7.40. The van der Waals surface area contributed by atoms with Crippen molar-refractivity contribution in [2.75, 3.05) is 16.3 Å². The first-order valence-corrected chi connectivity index (χ1v) is 9.72. The molecule has 2 N–H and O–H groups in total. The van der Waals surface area contributed by atoms with Gasteiger partial charge in [-0.05, 0) is 43.3 Å². The van der Waals surface area contributed by atoms with Crippen LogP contribution in [-0.4, -0.2) is 40.5 Å². The monoisotopic (exact) mass is 384 g/mol. The molecular weight excluding hydrogens is 368 g/mol.